The van der Waals surface area contributed by atoms with E-state index >= 15 is 0 Å². The van der Waals surface area contributed by atoms with Crippen LogP contribution in [0.1, 0.15) is 99.9 Å². The lowest BCUT2D eigenvalue weighted by Gasteiger charge is -2.08. The fourth-order valence-electron chi connectivity index (χ4n) is 4.73. The Morgan fingerprint density at radius 3 is 1.87 bits per heavy atom. The molecule has 0 aromatic heterocycles. The molecule has 3 aromatic carbocycles. The second-order valence-electron chi connectivity index (χ2n) is 11.3. The number of hydrogen-bond acceptors (Lipinski definition) is 8. The predicted molar refractivity (Wildman–Crippen MR) is 186 cm³/mol. The summed E-state index contributed by atoms with van der Waals surface area (Å²) in [5.74, 6) is 0.940. The van der Waals surface area contributed by atoms with Gasteiger partial charge in [-0.25, -0.2) is 9.59 Å². The van der Waals surface area contributed by atoms with Crippen LogP contribution in [0.3, 0.4) is 0 Å². The summed E-state index contributed by atoms with van der Waals surface area (Å²) in [6.07, 6.45) is 16.3. The van der Waals surface area contributed by atoms with Crippen molar-refractivity contribution in [2.75, 3.05) is 19.8 Å². The van der Waals surface area contributed by atoms with Gasteiger partial charge in [-0.15, -0.1) is 0 Å². The zero-order valence-electron chi connectivity index (χ0n) is 27.7. The number of carbonyl (C=O) groups is 2. The van der Waals surface area contributed by atoms with E-state index in [0.29, 0.717) is 48.1 Å². The third-order valence-electron chi connectivity index (χ3n) is 7.48. The van der Waals surface area contributed by atoms with Crippen molar-refractivity contribution in [1.29, 1.82) is 0 Å². The third-order valence-corrected chi connectivity index (χ3v) is 7.48. The molecule has 0 aliphatic rings. The summed E-state index contributed by atoms with van der Waals surface area (Å²) in [6.45, 7) is 7.19. The molecule has 0 atom stereocenters. The van der Waals surface area contributed by atoms with E-state index in [4.69, 9.17) is 18.9 Å². The van der Waals surface area contributed by atoms with Gasteiger partial charge in [0.2, 0.25) is 0 Å². The zero-order valence-corrected chi connectivity index (χ0v) is 27.7. The highest BCUT2D eigenvalue weighted by molar-refractivity contribution is 5.91. The third kappa shape index (κ3) is 15.0. The Hall–Kier alpha value is -4.59. The van der Waals surface area contributed by atoms with Crippen LogP contribution in [0.4, 0.5) is 5.69 Å². The van der Waals surface area contributed by atoms with E-state index in [0.717, 1.165) is 43.9 Å². The molecule has 8 nitrogen and oxygen atoms in total. The number of rotatable bonds is 23. The molecule has 3 aromatic rings. The Morgan fingerprint density at radius 1 is 0.702 bits per heavy atom. The van der Waals surface area contributed by atoms with Gasteiger partial charge in [-0.3, -0.25) is 4.99 Å². The fourth-order valence-corrected chi connectivity index (χ4v) is 4.73. The summed E-state index contributed by atoms with van der Waals surface area (Å²) in [7, 11) is 0. The molecule has 252 valence electrons. The summed E-state index contributed by atoms with van der Waals surface area (Å²) < 4.78 is 22.0. The molecule has 0 aliphatic carbocycles. The summed E-state index contributed by atoms with van der Waals surface area (Å²) >= 11 is 0. The van der Waals surface area contributed by atoms with E-state index in [1.807, 2.05) is 0 Å². The van der Waals surface area contributed by atoms with Crippen molar-refractivity contribution in [3.05, 3.63) is 90.5 Å². The number of phenolic OH excluding ortho intramolecular Hbond substituents is 1. The van der Waals surface area contributed by atoms with E-state index < -0.39 is 11.9 Å². The summed E-state index contributed by atoms with van der Waals surface area (Å²) in [6, 6.07) is 18.9. The molecule has 0 unspecified atom stereocenters. The van der Waals surface area contributed by atoms with Gasteiger partial charge in [-0.2, -0.15) is 0 Å². The van der Waals surface area contributed by atoms with Gasteiger partial charge in [-0.05, 0) is 92.8 Å². The first-order valence-electron chi connectivity index (χ1n) is 16.8. The lowest BCUT2D eigenvalue weighted by molar-refractivity contribution is -0.137. The van der Waals surface area contributed by atoms with Crippen LogP contribution in [-0.4, -0.2) is 43.1 Å². The van der Waals surface area contributed by atoms with Crippen LogP contribution in [0, 0.1) is 0 Å². The summed E-state index contributed by atoms with van der Waals surface area (Å²) in [5, 5.41) is 10.4. The number of carbonyl (C=O) groups excluding carboxylic acids is 2. The highest BCUT2D eigenvalue weighted by Crippen LogP contribution is 2.25. The quantitative estimate of drug-likeness (QED) is 0.0361. The number of ether oxygens (including phenoxy) is 4. The SMILES string of the molecule is C=CC(=O)OCCCCCCOc1ccc(C=Nc2ccc(OC(=O)c3ccc(OCCCCCCCCCC)cc3)cc2)c(O)c1. The van der Waals surface area contributed by atoms with Crippen LogP contribution < -0.4 is 14.2 Å². The molecule has 47 heavy (non-hydrogen) atoms. The first-order valence-corrected chi connectivity index (χ1v) is 16.8. The molecule has 8 heteroatoms. The maximum atomic E-state index is 12.6. The fraction of sp³-hybridized carbons (Fsp3) is 0.410. The van der Waals surface area contributed by atoms with Crippen molar-refractivity contribution in [3.8, 4) is 23.0 Å². The van der Waals surface area contributed by atoms with Gasteiger partial charge in [-0.1, -0.05) is 58.4 Å². The number of esters is 2. The number of aliphatic imine (C=N–C) groups is 1. The van der Waals surface area contributed by atoms with Crippen molar-refractivity contribution in [1.82, 2.24) is 0 Å². The first-order chi connectivity index (χ1) is 23.0. The molecule has 0 fully saturated rings. The summed E-state index contributed by atoms with van der Waals surface area (Å²) in [5.41, 5.74) is 1.63. The second kappa shape index (κ2) is 22.0. The Morgan fingerprint density at radius 2 is 1.26 bits per heavy atom. The molecular weight excluding hydrogens is 594 g/mol. The van der Waals surface area contributed by atoms with Gasteiger partial charge in [0.25, 0.3) is 0 Å². The molecule has 0 saturated carbocycles. The monoisotopic (exact) mass is 643 g/mol. The van der Waals surface area contributed by atoms with Crippen LogP contribution in [0.5, 0.6) is 23.0 Å². The van der Waals surface area contributed by atoms with Crippen molar-refractivity contribution < 1.29 is 33.6 Å². The molecule has 3 rings (SSSR count). The topological polar surface area (TPSA) is 104 Å². The smallest absolute Gasteiger partial charge is 0.343 e. The highest BCUT2D eigenvalue weighted by atomic mass is 16.5. The van der Waals surface area contributed by atoms with E-state index in [-0.39, 0.29) is 5.75 Å². The Kier molecular flexibility index (Phi) is 17.3. The van der Waals surface area contributed by atoms with Crippen LogP contribution >= 0.6 is 0 Å². The lowest BCUT2D eigenvalue weighted by Crippen LogP contribution is -2.08. The maximum absolute atomic E-state index is 12.6. The highest BCUT2D eigenvalue weighted by Gasteiger charge is 2.09. The van der Waals surface area contributed by atoms with Gasteiger partial charge in [0, 0.05) is 23.9 Å². The van der Waals surface area contributed by atoms with Crippen molar-refractivity contribution in [2.45, 2.75) is 84.0 Å². The van der Waals surface area contributed by atoms with Crippen LogP contribution in [0.2, 0.25) is 0 Å². The molecule has 0 aliphatic heterocycles. The number of phenols is 1. The van der Waals surface area contributed by atoms with Crippen LogP contribution in [0.25, 0.3) is 0 Å². The molecule has 1 N–H and O–H groups in total. The van der Waals surface area contributed by atoms with Gasteiger partial charge < -0.3 is 24.1 Å². The van der Waals surface area contributed by atoms with Gasteiger partial charge in [0.05, 0.1) is 31.1 Å². The van der Waals surface area contributed by atoms with E-state index in [1.165, 1.54) is 44.9 Å². The molecule has 0 radical (unpaired) electrons. The number of unbranched alkanes of at least 4 members (excludes halogenated alkanes) is 10. The van der Waals surface area contributed by atoms with E-state index in [1.54, 1.807) is 72.9 Å². The van der Waals surface area contributed by atoms with Crippen LogP contribution in [0.15, 0.2) is 84.4 Å². The van der Waals surface area contributed by atoms with Crippen molar-refractivity contribution in [2.24, 2.45) is 4.99 Å². The molecule has 0 spiro atoms. The van der Waals surface area contributed by atoms with Gasteiger partial charge in [0.1, 0.15) is 23.0 Å². The molecule has 0 saturated heterocycles. The van der Waals surface area contributed by atoms with Crippen molar-refractivity contribution >= 4 is 23.8 Å². The summed E-state index contributed by atoms with van der Waals surface area (Å²) in [4.78, 5) is 28.1. The normalized spacial score (nSPS) is 10.9. The molecule has 0 amide bonds. The van der Waals surface area contributed by atoms with Crippen LogP contribution in [-0.2, 0) is 9.53 Å². The average molecular weight is 644 g/mol. The zero-order chi connectivity index (χ0) is 33.5. The minimum Gasteiger partial charge on any atom is -0.507 e. The minimum absolute atomic E-state index is 0.0606. The van der Waals surface area contributed by atoms with Gasteiger partial charge in [0.15, 0.2) is 0 Å². The van der Waals surface area contributed by atoms with Crippen molar-refractivity contribution in [3.63, 3.8) is 0 Å². The standard InChI is InChI=1S/C39H49NO7/c1-3-5-6-7-8-9-10-13-26-44-34-21-16-31(17-22-34)39(43)47-35-24-19-33(20-25-35)40-30-32-18-23-36(29-37(32)41)45-27-14-11-12-15-28-46-38(42)4-2/h4,16-25,29-30,41H,2-3,5-15,26-28H2,1H3. The largest absolute Gasteiger partial charge is 0.507 e. The van der Waals surface area contributed by atoms with E-state index in [9.17, 15) is 14.7 Å². The molecule has 0 heterocycles. The molecule has 0 bridgehead atoms. The second-order valence-corrected chi connectivity index (χ2v) is 11.3. The first kappa shape index (κ1) is 36.9. The number of nitrogens with zero attached hydrogens (tertiary/aromatic N) is 1. The Bertz CT molecular complexity index is 1380. The Labute approximate surface area is 279 Å². The lowest BCUT2D eigenvalue weighted by atomic mass is 10.1. The maximum Gasteiger partial charge on any atom is 0.343 e. The van der Waals surface area contributed by atoms with Gasteiger partial charge >= 0.3 is 11.9 Å². The average Bonchev–Trinajstić information content (AvgIpc) is 3.09. The number of hydrogen-bond donors (Lipinski definition) is 1. The Balaban J connectivity index is 1.34. The van der Waals surface area contributed by atoms with E-state index in [2.05, 4.69) is 18.5 Å². The number of aromatic hydroxyl groups is 1. The molecular formula is C39H49NO7. The number of benzene rings is 3. The minimum atomic E-state index is -0.449. The predicted octanol–water partition coefficient (Wildman–Crippen LogP) is 9.55.